The Labute approximate surface area is 193 Å². The second kappa shape index (κ2) is 9.24. The second-order valence-corrected chi connectivity index (χ2v) is 10.0. The number of nitrogens with one attached hydrogen (secondary N) is 1. The van der Waals surface area contributed by atoms with Crippen molar-refractivity contribution in [2.45, 2.75) is 11.8 Å². The maximum atomic E-state index is 11.8. The van der Waals surface area contributed by atoms with E-state index in [0.29, 0.717) is 15.7 Å². The lowest BCUT2D eigenvalue weighted by atomic mass is 10.1. The zero-order valence-corrected chi connectivity index (χ0v) is 19.3. The molecule has 2 heterocycles. The van der Waals surface area contributed by atoms with E-state index in [1.54, 1.807) is 30.1 Å². The fourth-order valence-electron chi connectivity index (χ4n) is 3.28. The first-order valence-corrected chi connectivity index (χ1v) is 12.0. The van der Waals surface area contributed by atoms with Gasteiger partial charge in [-0.1, -0.05) is 23.2 Å². The van der Waals surface area contributed by atoms with E-state index in [0.717, 1.165) is 51.8 Å². The van der Waals surface area contributed by atoms with Gasteiger partial charge in [0, 0.05) is 40.0 Å². The van der Waals surface area contributed by atoms with E-state index in [1.807, 2.05) is 30.8 Å². The Morgan fingerprint density at radius 1 is 1.17 bits per heavy atom. The van der Waals surface area contributed by atoms with Gasteiger partial charge in [0.25, 0.3) is 0 Å². The molecule has 1 aliphatic rings. The molecule has 5 nitrogen and oxygen atoms in total. The number of carboxylic acid groups (broad SMARTS) is 1. The van der Waals surface area contributed by atoms with Crippen molar-refractivity contribution in [3.05, 3.63) is 57.7 Å². The number of anilines is 2. The Morgan fingerprint density at radius 2 is 1.87 bits per heavy atom. The quantitative estimate of drug-likeness (QED) is 0.413. The topological polar surface area (TPSA) is 65.5 Å². The molecular weight excluding hydrogens is 461 g/mol. The number of aromatic nitrogens is 1. The molecule has 1 saturated heterocycles. The van der Waals surface area contributed by atoms with Crippen LogP contribution in [0, 0.1) is 6.92 Å². The zero-order chi connectivity index (χ0) is 21.3. The Bertz CT molecular complexity index is 1120. The minimum atomic E-state index is -1.05. The van der Waals surface area contributed by atoms with Crippen LogP contribution >= 0.6 is 46.9 Å². The first kappa shape index (κ1) is 21.6. The van der Waals surface area contributed by atoms with Gasteiger partial charge in [0.05, 0.1) is 33.0 Å². The maximum Gasteiger partial charge on any atom is 0.337 e. The number of hydrogen-bond donors (Lipinski definition) is 2. The normalized spacial score (nSPS) is 14.8. The van der Waals surface area contributed by atoms with Gasteiger partial charge in [-0.05, 0) is 55.3 Å². The van der Waals surface area contributed by atoms with Gasteiger partial charge in [0.1, 0.15) is 0 Å². The third kappa shape index (κ3) is 4.65. The number of aryl methyl sites for hydroxylation is 1. The molecule has 0 spiro atoms. The van der Waals surface area contributed by atoms with Crippen LogP contribution in [0.2, 0.25) is 10.0 Å². The highest BCUT2D eigenvalue weighted by Gasteiger charge is 2.21. The van der Waals surface area contributed by atoms with Crippen LogP contribution in [0.3, 0.4) is 0 Å². The van der Waals surface area contributed by atoms with E-state index in [4.69, 9.17) is 28.2 Å². The molecule has 1 aliphatic heterocycles. The summed E-state index contributed by atoms with van der Waals surface area (Å²) >= 11 is 15.9. The molecule has 3 aromatic rings. The van der Waals surface area contributed by atoms with E-state index in [1.165, 1.54) is 6.07 Å². The van der Waals surface area contributed by atoms with Crippen molar-refractivity contribution < 1.29 is 9.90 Å². The summed E-state index contributed by atoms with van der Waals surface area (Å²) < 4.78 is 2.32. The molecular formula is C21H19Cl2N3O2S2. The van der Waals surface area contributed by atoms with Crippen molar-refractivity contribution >= 4 is 75.2 Å². The number of carboxylic acids is 1. The number of aromatic carboxylic acids is 1. The third-order valence-corrected chi connectivity index (χ3v) is 7.45. The van der Waals surface area contributed by atoms with Gasteiger partial charge in [0.2, 0.25) is 0 Å². The molecule has 9 heteroatoms. The summed E-state index contributed by atoms with van der Waals surface area (Å²) in [5.41, 5.74) is 3.05. The first-order chi connectivity index (χ1) is 14.4. The highest BCUT2D eigenvalue weighted by molar-refractivity contribution is 8.00. The number of hydrogen-bond acceptors (Lipinski definition) is 6. The molecule has 0 radical (unpaired) electrons. The highest BCUT2D eigenvalue weighted by atomic mass is 35.5. The minimum absolute atomic E-state index is 0.109. The number of pyridine rings is 1. The molecule has 0 bridgehead atoms. The van der Waals surface area contributed by atoms with Crippen LogP contribution in [0.4, 0.5) is 11.4 Å². The Balaban J connectivity index is 1.86. The fraction of sp³-hybridized carbons (Fsp3) is 0.238. The Morgan fingerprint density at radius 3 is 2.60 bits per heavy atom. The second-order valence-electron chi connectivity index (χ2n) is 6.82. The zero-order valence-electron chi connectivity index (χ0n) is 16.1. The van der Waals surface area contributed by atoms with E-state index in [2.05, 4.69) is 9.62 Å². The molecule has 0 atom stereocenters. The standard InChI is InChI=1S/C21H19Cl2N3O2S2/c1-12-20(30-26-6-8-29-9-7-26)19(15-10-13(22)2-4-17(15)24-12)25-18-5-3-14(23)11-16(18)21(27)28/h2-5,10-11H,6-9H2,1H3,(H,24,25)(H,27,28). The maximum absolute atomic E-state index is 11.8. The SMILES string of the molecule is Cc1nc2ccc(Cl)cc2c(Nc2ccc(Cl)cc2C(=O)O)c1SN1CCSCC1. The summed E-state index contributed by atoms with van der Waals surface area (Å²) in [6.07, 6.45) is 0. The van der Waals surface area contributed by atoms with Crippen LogP contribution in [0.5, 0.6) is 0 Å². The Hall–Kier alpha value is -1.64. The number of halogens is 2. The van der Waals surface area contributed by atoms with Gasteiger partial charge in [-0.2, -0.15) is 11.8 Å². The third-order valence-electron chi connectivity index (χ3n) is 4.73. The number of thioether (sulfide) groups is 1. The summed E-state index contributed by atoms with van der Waals surface area (Å²) in [5.74, 6) is 1.12. The number of nitrogens with zero attached hydrogens (tertiary/aromatic N) is 2. The number of rotatable bonds is 5. The van der Waals surface area contributed by atoms with E-state index in [9.17, 15) is 9.90 Å². The average molecular weight is 480 g/mol. The lowest BCUT2D eigenvalue weighted by Gasteiger charge is -2.27. The van der Waals surface area contributed by atoms with Crippen LogP contribution in [0.25, 0.3) is 10.9 Å². The average Bonchev–Trinajstić information content (AvgIpc) is 2.72. The molecule has 1 aromatic heterocycles. The summed E-state index contributed by atoms with van der Waals surface area (Å²) in [7, 11) is 0. The van der Waals surface area contributed by atoms with Gasteiger partial charge in [-0.25, -0.2) is 9.10 Å². The lowest BCUT2D eigenvalue weighted by molar-refractivity contribution is 0.0698. The van der Waals surface area contributed by atoms with Gasteiger partial charge in [0.15, 0.2) is 0 Å². The van der Waals surface area contributed by atoms with Gasteiger partial charge >= 0.3 is 5.97 Å². The molecule has 1 fully saturated rings. The predicted octanol–water partition coefficient (Wildman–Crippen LogP) is 6.35. The molecule has 0 amide bonds. The van der Waals surface area contributed by atoms with Crippen molar-refractivity contribution in [3.8, 4) is 0 Å². The van der Waals surface area contributed by atoms with Gasteiger partial charge in [-0.3, -0.25) is 4.98 Å². The largest absolute Gasteiger partial charge is 0.478 e. The van der Waals surface area contributed by atoms with Crippen LogP contribution in [-0.2, 0) is 0 Å². The molecule has 2 N–H and O–H groups in total. The van der Waals surface area contributed by atoms with Crippen LogP contribution in [0.15, 0.2) is 41.3 Å². The number of benzene rings is 2. The van der Waals surface area contributed by atoms with Crippen LogP contribution < -0.4 is 5.32 Å². The molecule has 0 saturated carbocycles. The smallest absolute Gasteiger partial charge is 0.337 e. The number of carbonyl (C=O) groups is 1. The fourth-order valence-corrected chi connectivity index (χ4v) is 5.81. The molecule has 4 rings (SSSR count). The van der Waals surface area contributed by atoms with Gasteiger partial charge in [-0.15, -0.1) is 0 Å². The molecule has 0 aliphatic carbocycles. The van der Waals surface area contributed by atoms with E-state index < -0.39 is 5.97 Å². The summed E-state index contributed by atoms with van der Waals surface area (Å²) in [5, 5.41) is 14.8. The van der Waals surface area contributed by atoms with Crippen molar-refractivity contribution in [3.63, 3.8) is 0 Å². The molecule has 30 heavy (non-hydrogen) atoms. The van der Waals surface area contributed by atoms with Crippen LogP contribution in [-0.4, -0.2) is 45.0 Å². The summed E-state index contributed by atoms with van der Waals surface area (Å²) in [4.78, 5) is 17.5. The van der Waals surface area contributed by atoms with E-state index in [-0.39, 0.29) is 5.56 Å². The van der Waals surface area contributed by atoms with Crippen molar-refractivity contribution in [2.24, 2.45) is 0 Å². The summed E-state index contributed by atoms with van der Waals surface area (Å²) in [6.45, 7) is 3.92. The van der Waals surface area contributed by atoms with Gasteiger partial charge < -0.3 is 10.4 Å². The van der Waals surface area contributed by atoms with E-state index >= 15 is 0 Å². The Kier molecular flexibility index (Phi) is 6.65. The monoisotopic (exact) mass is 479 g/mol. The number of fused-ring (bicyclic) bond motifs is 1. The van der Waals surface area contributed by atoms with Crippen LogP contribution in [0.1, 0.15) is 16.1 Å². The summed E-state index contributed by atoms with van der Waals surface area (Å²) in [6, 6.07) is 10.3. The van der Waals surface area contributed by atoms with Crippen molar-refractivity contribution in [1.82, 2.24) is 9.29 Å². The van der Waals surface area contributed by atoms with Crippen molar-refractivity contribution in [2.75, 3.05) is 29.9 Å². The molecule has 156 valence electrons. The lowest BCUT2D eigenvalue weighted by Crippen LogP contribution is -2.26. The highest BCUT2D eigenvalue weighted by Crippen LogP contribution is 2.41. The van der Waals surface area contributed by atoms with Crippen molar-refractivity contribution in [1.29, 1.82) is 0 Å². The molecule has 0 unspecified atom stereocenters. The predicted molar refractivity (Wildman–Crippen MR) is 128 cm³/mol. The molecule has 2 aromatic carbocycles. The minimum Gasteiger partial charge on any atom is -0.478 e. The first-order valence-electron chi connectivity index (χ1n) is 9.33.